The van der Waals surface area contributed by atoms with Gasteiger partial charge in [0.25, 0.3) is 0 Å². The van der Waals surface area contributed by atoms with E-state index in [0.29, 0.717) is 18.3 Å². The third-order valence-corrected chi connectivity index (χ3v) is 2.81. The Labute approximate surface area is 114 Å². The van der Waals surface area contributed by atoms with Crippen molar-refractivity contribution in [1.29, 1.82) is 0 Å². The summed E-state index contributed by atoms with van der Waals surface area (Å²) in [5.41, 5.74) is 11.6. The second kappa shape index (κ2) is 7.63. The van der Waals surface area contributed by atoms with Gasteiger partial charge in [-0.3, -0.25) is 9.69 Å². The molecule has 4 N–H and O–H groups in total. The van der Waals surface area contributed by atoms with Gasteiger partial charge in [0.2, 0.25) is 5.91 Å². The highest BCUT2D eigenvalue weighted by Crippen LogP contribution is 2.14. The lowest BCUT2D eigenvalue weighted by atomic mass is 10.3. The standard InChI is InChI=1S/C14H23N3O2/c1-11(2)17(10-14(16)18)7-4-8-19-13-6-3-5-12(15)9-13/h3,5-6,9,11H,4,7-8,10,15H2,1-2H3,(H2,16,18). The van der Waals surface area contributed by atoms with E-state index in [4.69, 9.17) is 16.2 Å². The lowest BCUT2D eigenvalue weighted by molar-refractivity contribution is -0.119. The number of amides is 1. The van der Waals surface area contributed by atoms with Crippen LogP contribution in [-0.2, 0) is 4.79 Å². The van der Waals surface area contributed by atoms with Crippen LogP contribution in [0.5, 0.6) is 5.75 Å². The van der Waals surface area contributed by atoms with Gasteiger partial charge in [0.1, 0.15) is 5.75 Å². The minimum absolute atomic E-state index is 0.288. The number of benzene rings is 1. The average Bonchev–Trinajstić information content (AvgIpc) is 2.32. The van der Waals surface area contributed by atoms with Crippen molar-refractivity contribution in [3.8, 4) is 5.75 Å². The van der Waals surface area contributed by atoms with Gasteiger partial charge in [0.05, 0.1) is 13.2 Å². The fourth-order valence-corrected chi connectivity index (χ4v) is 1.78. The Kier molecular flexibility index (Phi) is 6.15. The van der Waals surface area contributed by atoms with Gasteiger partial charge in [-0.1, -0.05) is 6.07 Å². The van der Waals surface area contributed by atoms with Gasteiger partial charge in [-0.2, -0.15) is 0 Å². The van der Waals surface area contributed by atoms with Gasteiger partial charge in [-0.05, 0) is 32.4 Å². The maximum absolute atomic E-state index is 10.9. The Hall–Kier alpha value is -1.75. The number of carbonyl (C=O) groups excluding carboxylic acids is 1. The molecular weight excluding hydrogens is 242 g/mol. The number of nitrogen functional groups attached to an aromatic ring is 1. The highest BCUT2D eigenvalue weighted by Gasteiger charge is 2.11. The first-order chi connectivity index (χ1) is 8.99. The summed E-state index contributed by atoms with van der Waals surface area (Å²) >= 11 is 0. The summed E-state index contributed by atoms with van der Waals surface area (Å²) in [5.74, 6) is 0.469. The second-order valence-corrected chi connectivity index (χ2v) is 4.81. The number of hydrogen-bond donors (Lipinski definition) is 2. The van der Waals surface area contributed by atoms with Crippen molar-refractivity contribution < 1.29 is 9.53 Å². The number of nitrogens with zero attached hydrogens (tertiary/aromatic N) is 1. The number of nitrogens with two attached hydrogens (primary N) is 2. The molecule has 0 saturated heterocycles. The minimum atomic E-state index is -0.301. The Balaban J connectivity index is 2.30. The monoisotopic (exact) mass is 265 g/mol. The molecule has 0 spiro atoms. The largest absolute Gasteiger partial charge is 0.493 e. The second-order valence-electron chi connectivity index (χ2n) is 4.81. The van der Waals surface area contributed by atoms with Gasteiger partial charge >= 0.3 is 0 Å². The van der Waals surface area contributed by atoms with E-state index in [2.05, 4.69) is 0 Å². The molecule has 1 aromatic carbocycles. The summed E-state index contributed by atoms with van der Waals surface area (Å²) < 4.78 is 5.60. The lowest BCUT2D eigenvalue weighted by Crippen LogP contribution is -2.39. The van der Waals surface area contributed by atoms with Gasteiger partial charge < -0.3 is 16.2 Å². The summed E-state index contributed by atoms with van der Waals surface area (Å²) in [6.45, 7) is 5.74. The van der Waals surface area contributed by atoms with Crippen molar-refractivity contribution in [2.75, 3.05) is 25.4 Å². The summed E-state index contributed by atoms with van der Waals surface area (Å²) in [4.78, 5) is 13.0. The number of rotatable bonds is 8. The number of ether oxygens (including phenoxy) is 1. The summed E-state index contributed by atoms with van der Waals surface area (Å²) in [5, 5.41) is 0. The SMILES string of the molecule is CC(C)N(CCCOc1cccc(N)c1)CC(N)=O. The molecule has 0 radical (unpaired) electrons. The predicted octanol–water partition coefficient (Wildman–Crippen LogP) is 1.23. The van der Waals surface area contributed by atoms with Crippen LogP contribution in [-0.4, -0.2) is 36.5 Å². The van der Waals surface area contributed by atoms with Gasteiger partial charge in [0.15, 0.2) is 0 Å². The maximum atomic E-state index is 10.9. The van der Waals surface area contributed by atoms with Crippen molar-refractivity contribution in [3.63, 3.8) is 0 Å². The Bertz CT molecular complexity index is 407. The van der Waals surface area contributed by atoms with Crippen molar-refractivity contribution in [3.05, 3.63) is 24.3 Å². The first kappa shape index (κ1) is 15.3. The molecule has 1 rings (SSSR count). The van der Waals surface area contributed by atoms with Gasteiger partial charge in [0, 0.05) is 24.3 Å². The van der Waals surface area contributed by atoms with Crippen LogP contribution in [0.4, 0.5) is 5.69 Å². The normalized spacial score (nSPS) is 10.9. The van der Waals surface area contributed by atoms with Crippen LogP contribution in [0, 0.1) is 0 Å². The molecule has 0 bridgehead atoms. The molecule has 0 saturated carbocycles. The van der Waals surface area contributed by atoms with E-state index in [1.807, 2.05) is 36.9 Å². The van der Waals surface area contributed by atoms with E-state index in [0.717, 1.165) is 18.7 Å². The molecule has 0 fully saturated rings. The molecule has 0 aliphatic heterocycles. The van der Waals surface area contributed by atoms with E-state index in [1.165, 1.54) is 0 Å². The molecule has 0 aromatic heterocycles. The van der Waals surface area contributed by atoms with Crippen molar-refractivity contribution in [2.24, 2.45) is 5.73 Å². The third-order valence-electron chi connectivity index (χ3n) is 2.81. The van der Waals surface area contributed by atoms with E-state index in [9.17, 15) is 4.79 Å². The van der Waals surface area contributed by atoms with Crippen molar-refractivity contribution in [1.82, 2.24) is 4.90 Å². The van der Waals surface area contributed by atoms with E-state index in [-0.39, 0.29) is 12.5 Å². The van der Waals surface area contributed by atoms with Crippen LogP contribution >= 0.6 is 0 Å². The first-order valence-corrected chi connectivity index (χ1v) is 6.49. The molecule has 0 unspecified atom stereocenters. The van der Waals surface area contributed by atoms with E-state index >= 15 is 0 Å². The highest BCUT2D eigenvalue weighted by molar-refractivity contribution is 5.75. The molecular formula is C14H23N3O2. The molecule has 0 aliphatic carbocycles. The fourth-order valence-electron chi connectivity index (χ4n) is 1.78. The summed E-state index contributed by atoms with van der Waals surface area (Å²) in [7, 11) is 0. The Morgan fingerprint density at radius 1 is 1.42 bits per heavy atom. The zero-order valence-electron chi connectivity index (χ0n) is 11.6. The van der Waals surface area contributed by atoms with Gasteiger partial charge in [-0.25, -0.2) is 0 Å². The number of primary amides is 1. The predicted molar refractivity (Wildman–Crippen MR) is 76.9 cm³/mol. The fraction of sp³-hybridized carbons (Fsp3) is 0.500. The lowest BCUT2D eigenvalue weighted by Gasteiger charge is -2.24. The zero-order chi connectivity index (χ0) is 14.3. The molecule has 0 atom stereocenters. The van der Waals surface area contributed by atoms with Crippen LogP contribution in [0.3, 0.4) is 0 Å². The quantitative estimate of drug-likeness (QED) is 0.547. The Morgan fingerprint density at radius 2 is 2.16 bits per heavy atom. The average molecular weight is 265 g/mol. The first-order valence-electron chi connectivity index (χ1n) is 6.49. The van der Waals surface area contributed by atoms with Crippen LogP contribution in [0.1, 0.15) is 20.3 Å². The van der Waals surface area contributed by atoms with Crippen LogP contribution in [0.2, 0.25) is 0 Å². The van der Waals surface area contributed by atoms with Gasteiger partial charge in [-0.15, -0.1) is 0 Å². The maximum Gasteiger partial charge on any atom is 0.231 e. The van der Waals surface area contributed by atoms with Crippen LogP contribution in [0.25, 0.3) is 0 Å². The molecule has 0 aliphatic rings. The Morgan fingerprint density at radius 3 is 2.74 bits per heavy atom. The van der Waals surface area contributed by atoms with E-state index < -0.39 is 0 Å². The van der Waals surface area contributed by atoms with Crippen molar-refractivity contribution >= 4 is 11.6 Å². The zero-order valence-corrected chi connectivity index (χ0v) is 11.6. The molecule has 5 heteroatoms. The molecule has 1 aromatic rings. The number of hydrogen-bond acceptors (Lipinski definition) is 4. The summed E-state index contributed by atoms with van der Waals surface area (Å²) in [6.07, 6.45) is 0.834. The minimum Gasteiger partial charge on any atom is -0.493 e. The summed E-state index contributed by atoms with van der Waals surface area (Å²) in [6, 6.07) is 7.64. The third kappa shape index (κ3) is 6.10. The van der Waals surface area contributed by atoms with Crippen LogP contribution < -0.4 is 16.2 Å². The molecule has 106 valence electrons. The molecule has 0 heterocycles. The number of carbonyl (C=O) groups is 1. The van der Waals surface area contributed by atoms with Crippen molar-refractivity contribution in [2.45, 2.75) is 26.3 Å². The number of anilines is 1. The topological polar surface area (TPSA) is 81.6 Å². The van der Waals surface area contributed by atoms with E-state index in [1.54, 1.807) is 6.07 Å². The smallest absolute Gasteiger partial charge is 0.231 e. The molecule has 1 amide bonds. The molecule has 19 heavy (non-hydrogen) atoms. The highest BCUT2D eigenvalue weighted by atomic mass is 16.5. The molecule has 5 nitrogen and oxygen atoms in total. The van der Waals surface area contributed by atoms with Crippen LogP contribution in [0.15, 0.2) is 24.3 Å².